The van der Waals surface area contributed by atoms with Crippen molar-refractivity contribution in [2.24, 2.45) is 5.73 Å². The molecule has 0 radical (unpaired) electrons. The summed E-state index contributed by atoms with van der Waals surface area (Å²) in [5.41, 5.74) is 7.98. The number of ether oxygens (including phenoxy) is 1. The Kier molecular flexibility index (Phi) is 3.81. The summed E-state index contributed by atoms with van der Waals surface area (Å²) < 4.78 is 5.58. The number of morpholine rings is 1. The second-order valence-corrected chi connectivity index (χ2v) is 5.28. The van der Waals surface area contributed by atoms with Crippen LogP contribution in [0.2, 0.25) is 0 Å². The summed E-state index contributed by atoms with van der Waals surface area (Å²) in [4.78, 5) is 22.8. The Hall–Kier alpha value is -2.05. The highest BCUT2D eigenvalue weighted by atomic mass is 16.5. The van der Waals surface area contributed by atoms with Gasteiger partial charge in [0.1, 0.15) is 0 Å². The number of benzene rings is 1. The number of carbonyl (C=O) groups is 1. The van der Waals surface area contributed by atoms with E-state index in [1.807, 2.05) is 13.0 Å². The number of hydrogen-bond acceptors (Lipinski definition) is 5. The third kappa shape index (κ3) is 2.86. The van der Waals surface area contributed by atoms with Gasteiger partial charge in [-0.15, -0.1) is 0 Å². The Balaban J connectivity index is 1.82. The van der Waals surface area contributed by atoms with Gasteiger partial charge in [-0.1, -0.05) is 0 Å². The lowest BCUT2D eigenvalue weighted by Gasteiger charge is -2.34. The molecule has 2 N–H and O–H groups in total. The zero-order valence-electron chi connectivity index (χ0n) is 11.9. The number of aromatic nitrogens is 2. The van der Waals surface area contributed by atoms with Crippen molar-refractivity contribution in [1.29, 1.82) is 0 Å². The van der Waals surface area contributed by atoms with Crippen molar-refractivity contribution in [3.63, 3.8) is 0 Å². The molecule has 2 unspecified atom stereocenters. The van der Waals surface area contributed by atoms with E-state index in [1.165, 1.54) is 0 Å². The van der Waals surface area contributed by atoms with Crippen molar-refractivity contribution in [2.45, 2.75) is 19.1 Å². The average molecular weight is 286 g/mol. The summed E-state index contributed by atoms with van der Waals surface area (Å²) in [6.07, 6.45) is 3.15. The Morgan fingerprint density at radius 2 is 2.14 bits per heavy atom. The fourth-order valence-corrected chi connectivity index (χ4v) is 2.46. The normalized spacial score (nSPS) is 20.5. The van der Waals surface area contributed by atoms with Crippen molar-refractivity contribution in [1.82, 2.24) is 14.9 Å². The second-order valence-electron chi connectivity index (χ2n) is 5.28. The van der Waals surface area contributed by atoms with E-state index in [9.17, 15) is 4.79 Å². The molecule has 1 fully saturated rings. The summed E-state index contributed by atoms with van der Waals surface area (Å²) in [5.74, 6) is -0.0171. The smallest absolute Gasteiger partial charge is 0.254 e. The summed E-state index contributed by atoms with van der Waals surface area (Å²) in [7, 11) is 0. The maximum atomic E-state index is 12.6. The lowest BCUT2D eigenvalue weighted by atomic mass is 10.1. The number of rotatable bonds is 2. The topological polar surface area (TPSA) is 81.3 Å². The van der Waals surface area contributed by atoms with Crippen molar-refractivity contribution in [2.75, 3.05) is 19.7 Å². The molecule has 2 atom stereocenters. The fourth-order valence-electron chi connectivity index (χ4n) is 2.46. The van der Waals surface area contributed by atoms with Crippen molar-refractivity contribution in [3.05, 3.63) is 36.2 Å². The summed E-state index contributed by atoms with van der Waals surface area (Å²) >= 11 is 0. The first-order valence-electron chi connectivity index (χ1n) is 7.02. The molecule has 21 heavy (non-hydrogen) atoms. The van der Waals surface area contributed by atoms with Gasteiger partial charge in [0, 0.05) is 37.1 Å². The molecule has 1 aliphatic heterocycles. The van der Waals surface area contributed by atoms with Gasteiger partial charge < -0.3 is 15.4 Å². The molecule has 0 bridgehead atoms. The quantitative estimate of drug-likeness (QED) is 0.884. The molecule has 2 aromatic rings. The lowest BCUT2D eigenvalue weighted by Crippen LogP contribution is -2.51. The molecule has 2 heterocycles. The molecule has 110 valence electrons. The van der Waals surface area contributed by atoms with E-state index < -0.39 is 0 Å². The Labute approximate surface area is 122 Å². The number of fused-ring (bicyclic) bond motifs is 1. The molecular formula is C15H18N4O2. The minimum absolute atomic E-state index is 0.0171. The SMILES string of the molecule is CC(N)C1CN(C(=O)c2ccc3nccnc3c2)CCO1. The highest BCUT2D eigenvalue weighted by molar-refractivity contribution is 5.97. The van der Waals surface area contributed by atoms with Crippen LogP contribution < -0.4 is 5.73 Å². The maximum absolute atomic E-state index is 12.6. The molecular weight excluding hydrogens is 268 g/mol. The third-order valence-corrected chi connectivity index (χ3v) is 3.68. The summed E-state index contributed by atoms with van der Waals surface area (Å²) in [5, 5.41) is 0. The minimum atomic E-state index is -0.108. The summed E-state index contributed by atoms with van der Waals surface area (Å²) in [6, 6.07) is 5.29. The van der Waals surface area contributed by atoms with E-state index in [4.69, 9.17) is 10.5 Å². The number of carbonyl (C=O) groups excluding carboxylic acids is 1. The standard InChI is InChI=1S/C15H18N4O2/c1-10(16)14-9-19(6-7-21-14)15(20)11-2-3-12-13(8-11)18-5-4-17-12/h2-5,8,10,14H,6-7,9,16H2,1H3. The van der Waals surface area contributed by atoms with Crippen LogP contribution in [-0.4, -0.2) is 52.6 Å². The average Bonchev–Trinajstić information content (AvgIpc) is 2.53. The monoisotopic (exact) mass is 286 g/mol. The zero-order valence-corrected chi connectivity index (χ0v) is 11.9. The predicted octanol–water partition coefficient (Wildman–Crippen LogP) is 0.818. The molecule has 1 amide bonds. The zero-order chi connectivity index (χ0) is 14.8. The van der Waals surface area contributed by atoms with Crippen LogP contribution in [0.4, 0.5) is 0 Å². The summed E-state index contributed by atoms with van der Waals surface area (Å²) in [6.45, 7) is 3.52. The molecule has 1 aliphatic rings. The largest absolute Gasteiger partial charge is 0.373 e. The van der Waals surface area contributed by atoms with Crippen molar-refractivity contribution < 1.29 is 9.53 Å². The van der Waals surface area contributed by atoms with E-state index in [0.29, 0.717) is 25.3 Å². The number of nitrogens with two attached hydrogens (primary N) is 1. The van der Waals surface area contributed by atoms with E-state index in [-0.39, 0.29) is 18.1 Å². The lowest BCUT2D eigenvalue weighted by molar-refractivity contribution is -0.0300. The van der Waals surface area contributed by atoms with Gasteiger partial charge >= 0.3 is 0 Å². The minimum Gasteiger partial charge on any atom is -0.373 e. The van der Waals surface area contributed by atoms with Crippen LogP contribution in [0.3, 0.4) is 0 Å². The van der Waals surface area contributed by atoms with Crippen LogP contribution in [0, 0.1) is 0 Å². The van der Waals surface area contributed by atoms with Crippen LogP contribution in [0.15, 0.2) is 30.6 Å². The molecule has 6 heteroatoms. The van der Waals surface area contributed by atoms with Gasteiger partial charge in [0.25, 0.3) is 5.91 Å². The first kappa shape index (κ1) is 13.9. The van der Waals surface area contributed by atoms with Crippen LogP contribution in [0.1, 0.15) is 17.3 Å². The van der Waals surface area contributed by atoms with Crippen LogP contribution in [0.5, 0.6) is 0 Å². The van der Waals surface area contributed by atoms with E-state index in [2.05, 4.69) is 9.97 Å². The van der Waals surface area contributed by atoms with Crippen molar-refractivity contribution >= 4 is 16.9 Å². The fraction of sp³-hybridized carbons (Fsp3) is 0.400. The first-order chi connectivity index (χ1) is 10.1. The number of hydrogen-bond donors (Lipinski definition) is 1. The molecule has 1 aromatic heterocycles. The predicted molar refractivity (Wildman–Crippen MR) is 78.8 cm³/mol. The molecule has 0 aliphatic carbocycles. The van der Waals surface area contributed by atoms with Gasteiger partial charge in [-0.25, -0.2) is 0 Å². The highest BCUT2D eigenvalue weighted by Gasteiger charge is 2.27. The molecule has 1 aromatic carbocycles. The Morgan fingerprint density at radius 3 is 2.90 bits per heavy atom. The second kappa shape index (κ2) is 5.75. The van der Waals surface area contributed by atoms with E-state index in [1.54, 1.807) is 29.4 Å². The molecule has 3 rings (SSSR count). The highest BCUT2D eigenvalue weighted by Crippen LogP contribution is 2.15. The number of nitrogens with zero attached hydrogens (tertiary/aromatic N) is 3. The number of amides is 1. The van der Waals surface area contributed by atoms with Gasteiger partial charge in [-0.05, 0) is 25.1 Å². The van der Waals surface area contributed by atoms with Gasteiger partial charge in [0.15, 0.2) is 0 Å². The van der Waals surface area contributed by atoms with E-state index >= 15 is 0 Å². The van der Waals surface area contributed by atoms with Crippen LogP contribution in [-0.2, 0) is 4.74 Å². The third-order valence-electron chi connectivity index (χ3n) is 3.68. The van der Waals surface area contributed by atoms with Gasteiger partial charge in [-0.3, -0.25) is 14.8 Å². The van der Waals surface area contributed by atoms with Crippen LogP contribution in [0.25, 0.3) is 11.0 Å². The van der Waals surface area contributed by atoms with E-state index in [0.717, 1.165) is 11.0 Å². The molecule has 6 nitrogen and oxygen atoms in total. The molecule has 0 spiro atoms. The molecule has 1 saturated heterocycles. The van der Waals surface area contributed by atoms with Gasteiger partial charge in [0.05, 0.1) is 23.7 Å². The maximum Gasteiger partial charge on any atom is 0.254 e. The van der Waals surface area contributed by atoms with Crippen molar-refractivity contribution in [3.8, 4) is 0 Å². The Morgan fingerprint density at radius 1 is 1.38 bits per heavy atom. The molecule has 0 saturated carbocycles. The van der Waals surface area contributed by atoms with Crippen LogP contribution >= 0.6 is 0 Å². The Bertz CT molecular complexity index is 659. The van der Waals surface area contributed by atoms with Gasteiger partial charge in [-0.2, -0.15) is 0 Å². The van der Waals surface area contributed by atoms with Gasteiger partial charge in [0.2, 0.25) is 0 Å². The first-order valence-corrected chi connectivity index (χ1v) is 7.02.